The number of aldehydes is 2. The van der Waals surface area contributed by atoms with Crippen molar-refractivity contribution in [3.05, 3.63) is 12.2 Å². The summed E-state index contributed by atoms with van der Waals surface area (Å²) in [5.74, 6) is -0.372. The van der Waals surface area contributed by atoms with Crippen LogP contribution in [0.15, 0.2) is 12.2 Å². The Bertz CT molecular complexity index is 355. The average Bonchev–Trinajstić information content (AvgIpc) is 2.49. The van der Waals surface area contributed by atoms with E-state index in [1.807, 2.05) is 11.9 Å². The molecule has 1 atom stereocenters. The van der Waals surface area contributed by atoms with Crippen LogP contribution >= 0.6 is 0 Å². The van der Waals surface area contributed by atoms with Gasteiger partial charge in [0.2, 0.25) is 0 Å². The number of likely N-dealkylation sites (N-methyl/N-ethyl adjacent to an activating group) is 1. The molecule has 0 aliphatic carbocycles. The molecule has 0 saturated carbocycles. The molecule has 1 unspecified atom stereocenters. The third-order valence-electron chi connectivity index (χ3n) is 3.44. The van der Waals surface area contributed by atoms with Crippen LogP contribution in [0, 0.1) is 5.92 Å². The first kappa shape index (κ1) is 20.5. The molecular weight excluding hydrogens is 282 g/mol. The minimum absolute atomic E-state index is 0.00733. The van der Waals surface area contributed by atoms with Crippen molar-refractivity contribution in [3.63, 3.8) is 0 Å². The van der Waals surface area contributed by atoms with E-state index >= 15 is 0 Å². The fraction of sp³-hybridized carbons (Fsp3) is 0.706. The predicted octanol–water partition coefficient (Wildman–Crippen LogP) is 2.39. The third-order valence-corrected chi connectivity index (χ3v) is 3.44. The molecule has 22 heavy (non-hydrogen) atoms. The SMILES string of the molecule is C=C(C)C(=O)OCCN(C)CC(C=O)CCCCCCC=O. The van der Waals surface area contributed by atoms with Gasteiger partial charge in [-0.2, -0.15) is 0 Å². The zero-order valence-electron chi connectivity index (χ0n) is 13.9. The summed E-state index contributed by atoms with van der Waals surface area (Å²) in [6, 6.07) is 0. The number of hydrogen-bond donors (Lipinski definition) is 0. The fourth-order valence-electron chi connectivity index (χ4n) is 2.10. The maximum atomic E-state index is 11.2. The standard InChI is InChI=1S/C17H29NO4/c1-15(2)17(21)22-12-10-18(3)13-16(14-20)9-7-5-4-6-8-11-19/h11,14,16H,1,4-10,12-13H2,2-3H3. The summed E-state index contributed by atoms with van der Waals surface area (Å²) in [6.45, 7) is 6.71. The summed E-state index contributed by atoms with van der Waals surface area (Å²) in [4.78, 5) is 34.5. The lowest BCUT2D eigenvalue weighted by Crippen LogP contribution is -2.30. The number of rotatable bonds is 14. The molecular formula is C17H29NO4. The number of esters is 1. The topological polar surface area (TPSA) is 63.7 Å². The number of hydrogen-bond acceptors (Lipinski definition) is 5. The Hall–Kier alpha value is -1.49. The highest BCUT2D eigenvalue weighted by molar-refractivity contribution is 5.86. The second-order valence-corrected chi connectivity index (χ2v) is 5.73. The van der Waals surface area contributed by atoms with E-state index in [1.54, 1.807) is 6.92 Å². The van der Waals surface area contributed by atoms with Crippen molar-refractivity contribution in [3.8, 4) is 0 Å². The van der Waals surface area contributed by atoms with Gasteiger partial charge in [-0.25, -0.2) is 4.79 Å². The molecule has 0 aliphatic heterocycles. The first-order valence-corrected chi connectivity index (χ1v) is 7.91. The number of nitrogens with zero attached hydrogens (tertiary/aromatic N) is 1. The van der Waals surface area contributed by atoms with E-state index in [-0.39, 0.29) is 11.9 Å². The Morgan fingerprint density at radius 3 is 2.50 bits per heavy atom. The van der Waals surface area contributed by atoms with E-state index in [4.69, 9.17) is 4.74 Å². The molecule has 0 N–H and O–H groups in total. The normalized spacial score (nSPS) is 12.0. The van der Waals surface area contributed by atoms with Gasteiger partial charge in [0.1, 0.15) is 19.2 Å². The van der Waals surface area contributed by atoms with Crippen LogP contribution in [0.3, 0.4) is 0 Å². The molecule has 0 rings (SSSR count). The van der Waals surface area contributed by atoms with Crippen LogP contribution in [0.1, 0.15) is 45.4 Å². The molecule has 0 spiro atoms. The number of carbonyl (C=O) groups is 3. The largest absolute Gasteiger partial charge is 0.461 e. The Kier molecular flexibility index (Phi) is 12.3. The van der Waals surface area contributed by atoms with Gasteiger partial charge in [-0.15, -0.1) is 0 Å². The molecule has 0 aromatic carbocycles. The maximum Gasteiger partial charge on any atom is 0.333 e. The van der Waals surface area contributed by atoms with E-state index < -0.39 is 0 Å². The van der Waals surface area contributed by atoms with Crippen LogP contribution in [-0.4, -0.2) is 50.2 Å². The van der Waals surface area contributed by atoms with Gasteiger partial charge in [0, 0.05) is 31.0 Å². The summed E-state index contributed by atoms with van der Waals surface area (Å²) >= 11 is 0. The quantitative estimate of drug-likeness (QED) is 0.213. The van der Waals surface area contributed by atoms with E-state index in [2.05, 4.69) is 6.58 Å². The van der Waals surface area contributed by atoms with E-state index in [0.29, 0.717) is 31.7 Å². The molecule has 5 nitrogen and oxygen atoms in total. The van der Waals surface area contributed by atoms with Gasteiger partial charge in [0.15, 0.2) is 0 Å². The van der Waals surface area contributed by atoms with Gasteiger partial charge in [0.05, 0.1) is 0 Å². The lowest BCUT2D eigenvalue weighted by molar-refractivity contribution is -0.139. The maximum absolute atomic E-state index is 11.2. The summed E-state index contributed by atoms with van der Waals surface area (Å²) < 4.78 is 5.03. The van der Waals surface area contributed by atoms with Crippen LogP contribution in [0.25, 0.3) is 0 Å². The zero-order valence-corrected chi connectivity index (χ0v) is 13.9. The van der Waals surface area contributed by atoms with Gasteiger partial charge in [-0.05, 0) is 26.8 Å². The van der Waals surface area contributed by atoms with E-state index in [0.717, 1.165) is 44.7 Å². The zero-order chi connectivity index (χ0) is 16.8. The molecule has 0 fully saturated rings. The number of carbonyl (C=O) groups excluding carboxylic acids is 3. The Labute approximate surface area is 133 Å². The van der Waals surface area contributed by atoms with Gasteiger partial charge in [-0.1, -0.05) is 25.8 Å². The van der Waals surface area contributed by atoms with Gasteiger partial charge >= 0.3 is 5.97 Å². The van der Waals surface area contributed by atoms with E-state index in [9.17, 15) is 14.4 Å². The lowest BCUT2D eigenvalue weighted by Gasteiger charge is -2.20. The van der Waals surface area contributed by atoms with Crippen LogP contribution in [0.5, 0.6) is 0 Å². The van der Waals surface area contributed by atoms with Gasteiger partial charge in [-0.3, -0.25) is 0 Å². The highest BCUT2D eigenvalue weighted by Crippen LogP contribution is 2.11. The smallest absolute Gasteiger partial charge is 0.333 e. The molecule has 0 aromatic heterocycles. The number of unbranched alkanes of at least 4 members (excludes halogenated alkanes) is 4. The van der Waals surface area contributed by atoms with Crippen LogP contribution in [0.4, 0.5) is 0 Å². The molecule has 0 heterocycles. The van der Waals surface area contributed by atoms with Crippen LogP contribution < -0.4 is 0 Å². The Morgan fingerprint density at radius 1 is 1.23 bits per heavy atom. The number of ether oxygens (including phenoxy) is 1. The third kappa shape index (κ3) is 11.2. The van der Waals surface area contributed by atoms with E-state index in [1.165, 1.54) is 0 Å². The highest BCUT2D eigenvalue weighted by atomic mass is 16.5. The van der Waals surface area contributed by atoms with Crippen molar-refractivity contribution in [1.29, 1.82) is 0 Å². The summed E-state index contributed by atoms with van der Waals surface area (Å²) in [5.41, 5.74) is 0.392. The van der Waals surface area contributed by atoms with Crippen molar-refractivity contribution in [2.75, 3.05) is 26.7 Å². The molecule has 0 saturated heterocycles. The minimum Gasteiger partial charge on any atom is -0.461 e. The van der Waals surface area contributed by atoms with Crippen molar-refractivity contribution >= 4 is 18.5 Å². The summed E-state index contributed by atoms with van der Waals surface area (Å²) in [7, 11) is 1.91. The molecule has 0 bridgehead atoms. The Morgan fingerprint density at radius 2 is 1.91 bits per heavy atom. The van der Waals surface area contributed by atoms with Gasteiger partial charge in [0.25, 0.3) is 0 Å². The predicted molar refractivity (Wildman–Crippen MR) is 86.6 cm³/mol. The molecule has 126 valence electrons. The lowest BCUT2D eigenvalue weighted by atomic mass is 10.0. The second-order valence-electron chi connectivity index (χ2n) is 5.73. The molecule has 0 aromatic rings. The average molecular weight is 311 g/mol. The van der Waals surface area contributed by atoms with Crippen molar-refractivity contribution in [2.45, 2.75) is 45.4 Å². The molecule has 5 heteroatoms. The fourth-order valence-corrected chi connectivity index (χ4v) is 2.10. The second kappa shape index (κ2) is 13.2. The van der Waals surface area contributed by atoms with Crippen molar-refractivity contribution in [1.82, 2.24) is 4.90 Å². The first-order chi connectivity index (χ1) is 10.5. The molecule has 0 radical (unpaired) electrons. The summed E-state index contributed by atoms with van der Waals surface area (Å²) in [6.07, 6.45) is 7.47. The van der Waals surface area contributed by atoms with Crippen molar-refractivity contribution in [2.24, 2.45) is 5.92 Å². The summed E-state index contributed by atoms with van der Waals surface area (Å²) in [5, 5.41) is 0. The Balaban J connectivity index is 3.76. The molecule has 0 aliphatic rings. The molecule has 0 amide bonds. The minimum atomic E-state index is -0.379. The highest BCUT2D eigenvalue weighted by Gasteiger charge is 2.11. The van der Waals surface area contributed by atoms with Crippen molar-refractivity contribution < 1.29 is 19.1 Å². The van der Waals surface area contributed by atoms with Crippen LogP contribution in [-0.2, 0) is 19.1 Å². The van der Waals surface area contributed by atoms with Gasteiger partial charge < -0.3 is 19.2 Å². The first-order valence-electron chi connectivity index (χ1n) is 7.91. The van der Waals surface area contributed by atoms with Crippen LogP contribution in [0.2, 0.25) is 0 Å². The monoisotopic (exact) mass is 311 g/mol.